The number of hydrogen-bond acceptors (Lipinski definition) is 17. The van der Waals surface area contributed by atoms with Crippen LogP contribution in [0.15, 0.2) is 131 Å². The lowest BCUT2D eigenvalue weighted by Crippen LogP contribution is -2.50. The molecule has 0 saturated heterocycles. The summed E-state index contributed by atoms with van der Waals surface area (Å²) in [6.45, 7) is 35.0. The van der Waals surface area contributed by atoms with Gasteiger partial charge in [0, 0.05) is 50.9 Å². The summed E-state index contributed by atoms with van der Waals surface area (Å²) in [5, 5.41) is 21.5. The summed E-state index contributed by atoms with van der Waals surface area (Å²) in [6, 6.07) is 30.1. The zero-order valence-corrected chi connectivity index (χ0v) is 72.5. The molecule has 29 heteroatoms. The van der Waals surface area contributed by atoms with Crippen molar-refractivity contribution in [2.75, 3.05) is 13.1 Å². The highest BCUT2D eigenvalue weighted by molar-refractivity contribution is 7.89. The quantitative estimate of drug-likeness (QED) is 0.0184. The Balaban J connectivity index is -0.000000452. The number of sulfonamides is 2. The summed E-state index contributed by atoms with van der Waals surface area (Å²) in [7, 11) is -7.09. The van der Waals surface area contributed by atoms with Gasteiger partial charge >= 0.3 is 24.1 Å². The summed E-state index contributed by atoms with van der Waals surface area (Å²) in [5.74, 6) is -1.11. The Bertz CT molecular complexity index is 3630. The fourth-order valence-corrected chi connectivity index (χ4v) is 12.3. The van der Waals surface area contributed by atoms with Gasteiger partial charge < -0.3 is 61.7 Å². The van der Waals surface area contributed by atoms with Crippen LogP contribution in [0.1, 0.15) is 266 Å². The summed E-state index contributed by atoms with van der Waals surface area (Å²) in [6.07, 6.45) is 7.66. The van der Waals surface area contributed by atoms with Crippen LogP contribution in [-0.4, -0.2) is 148 Å². The minimum Gasteiger partial charge on any atom is -0.335 e. The normalized spacial score (nSPS) is 12.3. The number of benzene rings is 4. The lowest BCUT2D eigenvalue weighted by molar-refractivity contribution is -0.121. The predicted molar refractivity (Wildman–Crippen MR) is 455 cm³/mol. The van der Waals surface area contributed by atoms with Crippen LogP contribution in [0.25, 0.3) is 0 Å². The van der Waals surface area contributed by atoms with Crippen molar-refractivity contribution >= 4 is 96.2 Å². The number of hydrogen-bond donors (Lipinski definition) is 10. The fourth-order valence-electron chi connectivity index (χ4n) is 10.1. The van der Waals surface area contributed by atoms with E-state index in [1.807, 2.05) is 137 Å². The van der Waals surface area contributed by atoms with E-state index in [4.69, 9.17) is 0 Å². The lowest BCUT2D eigenvalue weighted by atomic mass is 10.0. The van der Waals surface area contributed by atoms with Crippen LogP contribution in [0.2, 0.25) is 0 Å². The average Bonchev–Trinajstić information content (AvgIpc) is 0.858. The monoisotopic (exact) mass is 1640 g/mol. The Morgan fingerprint density at radius 3 is 0.895 bits per heavy atom. The third-order valence-corrected chi connectivity index (χ3v) is 19.2. The van der Waals surface area contributed by atoms with Crippen molar-refractivity contribution in [3.05, 3.63) is 132 Å². The van der Waals surface area contributed by atoms with Crippen molar-refractivity contribution in [1.82, 2.24) is 52.0 Å². The lowest BCUT2D eigenvalue weighted by Gasteiger charge is -2.21. The highest BCUT2D eigenvalue weighted by Crippen LogP contribution is 2.17. The number of ketones is 9. The maximum absolute atomic E-state index is 12.2. The molecule has 0 aliphatic carbocycles. The van der Waals surface area contributed by atoms with Crippen molar-refractivity contribution in [3.8, 4) is 0 Å². The zero-order chi connectivity index (χ0) is 87.1. The number of carbonyl (C=O) groups is 13. The van der Waals surface area contributed by atoms with Gasteiger partial charge in [0.2, 0.25) is 20.0 Å². The van der Waals surface area contributed by atoms with Crippen LogP contribution >= 0.6 is 0 Å². The molecule has 644 valence electrons. The second-order valence-corrected chi connectivity index (χ2v) is 29.3. The van der Waals surface area contributed by atoms with Gasteiger partial charge in [-0.3, -0.25) is 24.0 Å². The van der Waals surface area contributed by atoms with Gasteiger partial charge in [-0.1, -0.05) is 180 Å². The Morgan fingerprint density at radius 2 is 0.596 bits per heavy atom. The SMILES string of the molecule is C.CC.CC.CC.CC.CC(=O)CCC(NC(=O)NC(C)Cc1ccccc1)C(C)=O.CC(=O)CCC(NC(=O)NC(CCCCNS(=O)(=O)c1ccccc1)C(C)=O)C(C)=O.CCC(CCCCNS(=O)(=O)c1ccccc1)NC(=O)NC(CCC(C)=O)C(C)=O.CCC(NC(=O)NC(CCC(C)=O)C(C)=O)c1ccccc1. The number of unbranched alkanes of at least 4 members (excludes halogenated alkanes) is 2. The Kier molecular flexibility index (Phi) is 67.9. The maximum Gasteiger partial charge on any atom is 0.315 e. The van der Waals surface area contributed by atoms with Crippen LogP contribution in [0.4, 0.5) is 19.2 Å². The average molecular weight is 1640 g/mol. The predicted octanol–water partition coefficient (Wildman–Crippen LogP) is 14.0. The first-order chi connectivity index (χ1) is 53.5. The van der Waals surface area contributed by atoms with E-state index >= 15 is 0 Å². The number of Topliss-reactive ketones (excluding diaryl/α,β-unsaturated/α-hetero) is 9. The van der Waals surface area contributed by atoms with Crippen molar-refractivity contribution in [1.29, 1.82) is 0 Å². The minimum atomic E-state index is -3.58. The molecule has 10 N–H and O–H groups in total. The molecule has 0 saturated carbocycles. The molecule has 0 aliphatic heterocycles. The van der Waals surface area contributed by atoms with Crippen molar-refractivity contribution < 1.29 is 79.2 Å². The molecule has 0 radical (unpaired) electrons. The first kappa shape index (κ1) is 113. The molecule has 8 atom stereocenters. The molecule has 0 bridgehead atoms. The van der Waals surface area contributed by atoms with Crippen LogP contribution in [0.3, 0.4) is 0 Å². The Hall–Kier alpha value is -9.19. The number of rotatable bonds is 44. The molecule has 4 aromatic rings. The van der Waals surface area contributed by atoms with E-state index in [2.05, 4.69) is 52.0 Å². The Labute approximate surface area is 682 Å². The van der Waals surface area contributed by atoms with E-state index in [1.54, 1.807) is 48.5 Å². The Morgan fingerprint density at radius 1 is 0.325 bits per heavy atom. The van der Waals surface area contributed by atoms with Crippen LogP contribution < -0.4 is 52.0 Å². The van der Waals surface area contributed by atoms with E-state index in [0.29, 0.717) is 64.3 Å². The van der Waals surface area contributed by atoms with Crippen LogP contribution in [0.5, 0.6) is 0 Å². The maximum atomic E-state index is 12.2. The molecule has 27 nitrogen and oxygen atoms in total. The molecule has 0 spiro atoms. The molecule has 0 fully saturated rings. The van der Waals surface area contributed by atoms with Gasteiger partial charge in [-0.2, -0.15) is 0 Å². The number of carbonyl (C=O) groups excluding carboxylic acids is 13. The number of amides is 8. The van der Waals surface area contributed by atoms with E-state index in [0.717, 1.165) is 24.0 Å². The highest BCUT2D eigenvalue weighted by Gasteiger charge is 2.25. The topological polar surface area (TPSA) is 410 Å². The number of urea groups is 4. The molecule has 114 heavy (non-hydrogen) atoms. The molecular weight excluding hydrogens is 1500 g/mol. The number of nitrogens with one attached hydrogen (secondary N) is 10. The molecular formula is C85H140N10O17S2. The largest absolute Gasteiger partial charge is 0.335 e. The molecule has 0 aromatic heterocycles. The summed E-state index contributed by atoms with van der Waals surface area (Å²) >= 11 is 0. The van der Waals surface area contributed by atoms with Crippen molar-refractivity contribution in [3.63, 3.8) is 0 Å². The zero-order valence-electron chi connectivity index (χ0n) is 70.9. The van der Waals surface area contributed by atoms with Crippen molar-refractivity contribution in [2.24, 2.45) is 0 Å². The van der Waals surface area contributed by atoms with Gasteiger partial charge in [-0.25, -0.2) is 45.5 Å². The molecule has 4 rings (SSSR count). The van der Waals surface area contributed by atoms with E-state index in [1.165, 1.54) is 74.4 Å². The molecule has 8 amide bonds. The summed E-state index contributed by atoms with van der Waals surface area (Å²) < 4.78 is 53.7. The van der Waals surface area contributed by atoms with Gasteiger partial charge in [0.15, 0.2) is 28.9 Å². The second kappa shape index (κ2) is 68.2. The van der Waals surface area contributed by atoms with Gasteiger partial charge in [0.1, 0.15) is 23.1 Å². The van der Waals surface area contributed by atoms with Crippen LogP contribution in [0, 0.1) is 0 Å². The fraction of sp³-hybridized carbons (Fsp3) is 0.565. The molecule has 8 unspecified atom stereocenters. The van der Waals surface area contributed by atoms with Gasteiger partial charge in [-0.15, -0.1) is 0 Å². The van der Waals surface area contributed by atoms with Gasteiger partial charge in [0.05, 0.1) is 46.0 Å². The van der Waals surface area contributed by atoms with Gasteiger partial charge in [0.25, 0.3) is 0 Å². The standard InChI is InChI=1S/C21H31N3O6S.C21H33N3O5S.2C17H24N2O3.4C2H6.CH4/c1-15(25)12-13-20(17(3)27)24-21(28)23-19(16(2)26)11-7-8-14-22-31(29,30)18-9-5-4-6-10-18;1-4-18(23-21(27)24-20(17(3)26)14-13-16(2)25)10-8-9-15-22-30(28,29)19-11-6-5-7-12-19;1-12(11-15-7-5-4-6-8-15)18-17(22)19-16(14(3)21)10-9-13(2)20;1-4-15(14-8-6-5-7-9-14)18-17(22)19-16(13(3)21)11-10-12(2)20;4*1-2;/h4-6,9-10,19-20,22H,7-8,11-14H2,1-3H3,(H2,23,24,28);5-7,11-12,18,20,22H,4,8-10,13-15H2,1-3H3,(H2,23,24,27);4-8,12,16H,9-11H2,1-3H3,(H2,18,19,22);5-9,15-16H,4,10-11H2,1-3H3,(H2,18,19,22);4*1-2H3;1H4. The van der Waals surface area contributed by atoms with E-state index in [9.17, 15) is 79.2 Å². The van der Waals surface area contributed by atoms with Crippen LogP contribution in [-0.2, 0) is 69.6 Å². The first-order valence-electron chi connectivity index (χ1n) is 39.5. The third kappa shape index (κ3) is 56.9. The van der Waals surface area contributed by atoms with E-state index < -0.39 is 62.3 Å². The van der Waals surface area contributed by atoms with Crippen molar-refractivity contribution in [2.45, 2.75) is 313 Å². The summed E-state index contributed by atoms with van der Waals surface area (Å²) in [4.78, 5) is 151. The summed E-state index contributed by atoms with van der Waals surface area (Å²) in [5.41, 5.74) is 2.15. The second-order valence-electron chi connectivity index (χ2n) is 25.7. The third-order valence-electron chi connectivity index (χ3n) is 16.2. The van der Waals surface area contributed by atoms with E-state index in [-0.39, 0.29) is 145 Å². The first-order valence-corrected chi connectivity index (χ1v) is 42.4. The smallest absolute Gasteiger partial charge is 0.315 e. The molecule has 0 aliphatic rings. The molecule has 0 heterocycles. The van der Waals surface area contributed by atoms with Gasteiger partial charge in [-0.05, 0) is 182 Å². The molecule has 4 aromatic carbocycles. The highest BCUT2D eigenvalue weighted by atomic mass is 32.2. The minimum absolute atomic E-state index is 0.